The number of nitrogens with zero attached hydrogens (tertiary/aromatic N) is 3. The van der Waals surface area contributed by atoms with Gasteiger partial charge in [-0.25, -0.2) is 10.3 Å². The summed E-state index contributed by atoms with van der Waals surface area (Å²) in [6.45, 7) is 1.15. The molecule has 3 aliphatic rings. The Balaban J connectivity index is 1.25. The molecule has 4 rings (SSSR count). The maximum atomic E-state index is 12.5. The van der Waals surface area contributed by atoms with Gasteiger partial charge >= 0.3 is 16.4 Å². The number of hydroxylamine groups is 3. The van der Waals surface area contributed by atoms with Crippen molar-refractivity contribution in [1.82, 2.24) is 31.0 Å². The van der Waals surface area contributed by atoms with Gasteiger partial charge in [-0.1, -0.05) is 0 Å². The zero-order valence-electron chi connectivity index (χ0n) is 15.4. The fourth-order valence-corrected chi connectivity index (χ4v) is 4.44. The van der Waals surface area contributed by atoms with E-state index in [0.29, 0.717) is 17.9 Å². The number of piperidine rings is 1. The van der Waals surface area contributed by atoms with Crippen LogP contribution in [0.15, 0.2) is 12.3 Å². The van der Waals surface area contributed by atoms with Gasteiger partial charge in [-0.2, -0.15) is 18.6 Å². The largest absolute Gasteiger partial charge is 0.418 e. The van der Waals surface area contributed by atoms with Crippen molar-refractivity contribution in [2.24, 2.45) is 0 Å². The molecular weight excluding hydrogens is 408 g/mol. The molecule has 14 heteroatoms. The molecule has 29 heavy (non-hydrogen) atoms. The molecule has 0 aromatic carbocycles. The van der Waals surface area contributed by atoms with E-state index in [1.54, 1.807) is 6.20 Å². The number of carbonyl (C=O) groups is 2. The average molecular weight is 430 g/mol. The standard InChI is InChI=1S/C15H22N6O7S/c22-14(19-27-8-10-5-9(6-16-10)12-3-4-17-18-12)13-2-1-11-7-20(13)15(23)21(11)28-29(24,25)26/h3-4,9-11,13,16H,1-2,5-8H2,(H,17,18)(H,19,22)(H,24,25,26)/t9-,10-,11+,13-/m0/s1. The molecule has 13 nitrogen and oxygen atoms in total. The van der Waals surface area contributed by atoms with E-state index in [2.05, 4.69) is 25.3 Å². The van der Waals surface area contributed by atoms with Gasteiger partial charge in [0.05, 0.1) is 18.3 Å². The fourth-order valence-electron chi connectivity index (χ4n) is 4.06. The lowest BCUT2D eigenvalue weighted by molar-refractivity contribution is -0.139. The summed E-state index contributed by atoms with van der Waals surface area (Å²) in [7, 11) is -4.82. The van der Waals surface area contributed by atoms with Crippen molar-refractivity contribution in [3.05, 3.63) is 18.0 Å². The minimum Gasteiger partial charge on any atom is -0.311 e. The molecule has 0 aliphatic carbocycles. The number of fused-ring (bicyclic) bond motifs is 2. The highest BCUT2D eigenvalue weighted by atomic mass is 32.3. The number of urea groups is 1. The van der Waals surface area contributed by atoms with E-state index >= 15 is 0 Å². The first-order valence-corrected chi connectivity index (χ1v) is 10.6. The first-order valence-electron chi connectivity index (χ1n) is 9.23. The molecule has 1 aromatic heterocycles. The van der Waals surface area contributed by atoms with Crippen molar-refractivity contribution in [2.45, 2.75) is 43.3 Å². The van der Waals surface area contributed by atoms with Crippen molar-refractivity contribution in [2.75, 3.05) is 19.7 Å². The minimum absolute atomic E-state index is 0.0554. The summed E-state index contributed by atoms with van der Waals surface area (Å²) in [5.41, 5.74) is 3.35. The molecule has 0 unspecified atom stereocenters. The van der Waals surface area contributed by atoms with Crippen LogP contribution in [0, 0.1) is 0 Å². The second-order valence-corrected chi connectivity index (χ2v) is 8.33. The second kappa shape index (κ2) is 7.87. The normalized spacial score (nSPS) is 29.5. The van der Waals surface area contributed by atoms with Crippen LogP contribution in [0.2, 0.25) is 0 Å². The lowest BCUT2D eigenvalue weighted by atomic mass is 10.0. The molecule has 4 N–H and O–H groups in total. The molecule has 2 bridgehead atoms. The molecule has 4 atom stereocenters. The Labute approximate surface area is 166 Å². The van der Waals surface area contributed by atoms with Crippen LogP contribution in [0.1, 0.15) is 30.9 Å². The third-order valence-corrected chi connectivity index (χ3v) is 5.77. The highest BCUT2D eigenvalue weighted by molar-refractivity contribution is 7.80. The van der Waals surface area contributed by atoms with E-state index in [1.807, 2.05) is 6.07 Å². The number of hydrogen-bond acceptors (Lipinski definition) is 8. The van der Waals surface area contributed by atoms with E-state index < -0.39 is 34.4 Å². The number of H-pyrrole nitrogens is 1. The Kier molecular flexibility index (Phi) is 5.44. The van der Waals surface area contributed by atoms with Crippen LogP contribution in [0.5, 0.6) is 0 Å². The molecule has 4 heterocycles. The van der Waals surface area contributed by atoms with Crippen LogP contribution in [0.3, 0.4) is 0 Å². The van der Waals surface area contributed by atoms with Crippen molar-refractivity contribution in [3.63, 3.8) is 0 Å². The number of aromatic amines is 1. The number of carbonyl (C=O) groups excluding carboxylic acids is 2. The topological polar surface area (TPSA) is 166 Å². The maximum Gasteiger partial charge on any atom is 0.418 e. The lowest BCUT2D eigenvalue weighted by Gasteiger charge is -2.29. The number of hydrogen-bond donors (Lipinski definition) is 4. The minimum atomic E-state index is -4.82. The summed E-state index contributed by atoms with van der Waals surface area (Å²) >= 11 is 0. The Morgan fingerprint density at radius 2 is 2.24 bits per heavy atom. The Morgan fingerprint density at radius 3 is 2.97 bits per heavy atom. The van der Waals surface area contributed by atoms with Crippen LogP contribution in [0.4, 0.5) is 4.79 Å². The second-order valence-electron chi connectivity index (χ2n) is 7.32. The number of aromatic nitrogens is 2. The van der Waals surface area contributed by atoms with Crippen molar-refractivity contribution in [1.29, 1.82) is 0 Å². The first kappa shape index (κ1) is 20.0. The monoisotopic (exact) mass is 430 g/mol. The molecule has 0 spiro atoms. The first-order chi connectivity index (χ1) is 13.8. The van der Waals surface area contributed by atoms with Crippen LogP contribution in [0.25, 0.3) is 0 Å². The average Bonchev–Trinajstić information content (AvgIpc) is 3.39. The molecule has 1 aromatic rings. The van der Waals surface area contributed by atoms with Gasteiger partial charge in [0.1, 0.15) is 6.04 Å². The van der Waals surface area contributed by atoms with Gasteiger partial charge in [0.2, 0.25) is 0 Å². The zero-order chi connectivity index (χ0) is 20.6. The molecule has 3 fully saturated rings. The Hall–Kier alpha value is -2.26. The predicted octanol–water partition coefficient (Wildman–Crippen LogP) is -1.09. The summed E-state index contributed by atoms with van der Waals surface area (Å²) in [5.74, 6) is -0.218. The summed E-state index contributed by atoms with van der Waals surface area (Å²) in [6, 6.07) is -0.155. The third kappa shape index (κ3) is 4.35. The molecule has 0 saturated carbocycles. The molecule has 3 amide bonds. The molecule has 3 aliphatic heterocycles. The van der Waals surface area contributed by atoms with Gasteiger partial charge in [-0.3, -0.25) is 19.3 Å². The highest BCUT2D eigenvalue weighted by Crippen LogP contribution is 2.30. The van der Waals surface area contributed by atoms with E-state index in [1.165, 1.54) is 4.90 Å². The number of nitrogens with one attached hydrogen (secondary N) is 3. The summed E-state index contributed by atoms with van der Waals surface area (Å²) in [4.78, 5) is 31.3. The van der Waals surface area contributed by atoms with Gasteiger partial charge in [-0.05, 0) is 25.3 Å². The van der Waals surface area contributed by atoms with Crippen LogP contribution in [-0.4, -0.2) is 82.9 Å². The van der Waals surface area contributed by atoms with Crippen molar-refractivity contribution >= 4 is 22.3 Å². The third-order valence-electron chi connectivity index (χ3n) is 5.42. The van der Waals surface area contributed by atoms with E-state index in [9.17, 15) is 18.0 Å². The van der Waals surface area contributed by atoms with Crippen LogP contribution < -0.4 is 10.8 Å². The summed E-state index contributed by atoms with van der Waals surface area (Å²) in [6.07, 6.45) is 3.26. The Bertz CT molecular complexity index is 863. The van der Waals surface area contributed by atoms with Crippen LogP contribution in [-0.2, 0) is 24.3 Å². The van der Waals surface area contributed by atoms with E-state index in [4.69, 9.17) is 9.39 Å². The van der Waals surface area contributed by atoms with Crippen molar-refractivity contribution in [3.8, 4) is 0 Å². The Morgan fingerprint density at radius 1 is 1.41 bits per heavy atom. The molecule has 3 saturated heterocycles. The van der Waals surface area contributed by atoms with E-state index in [-0.39, 0.29) is 25.1 Å². The molecule has 160 valence electrons. The van der Waals surface area contributed by atoms with Crippen LogP contribution >= 0.6 is 0 Å². The summed E-state index contributed by atoms with van der Waals surface area (Å²) < 4.78 is 35.0. The quantitative estimate of drug-likeness (QED) is 0.310. The smallest absolute Gasteiger partial charge is 0.311 e. The lowest BCUT2D eigenvalue weighted by Crippen LogP contribution is -2.50. The van der Waals surface area contributed by atoms with Gasteiger partial charge in [0, 0.05) is 31.2 Å². The van der Waals surface area contributed by atoms with Gasteiger partial charge in [0.15, 0.2) is 0 Å². The number of rotatable bonds is 7. The van der Waals surface area contributed by atoms with Gasteiger partial charge in [0.25, 0.3) is 5.91 Å². The molecule has 0 radical (unpaired) electrons. The predicted molar refractivity (Wildman–Crippen MR) is 95.2 cm³/mol. The highest BCUT2D eigenvalue weighted by Gasteiger charge is 2.49. The number of amides is 3. The van der Waals surface area contributed by atoms with Gasteiger partial charge in [-0.15, -0.1) is 4.28 Å². The van der Waals surface area contributed by atoms with Crippen molar-refractivity contribution < 1.29 is 31.7 Å². The summed E-state index contributed by atoms with van der Waals surface area (Å²) in [5, 5.41) is 10.9. The maximum absolute atomic E-state index is 12.5. The van der Waals surface area contributed by atoms with E-state index in [0.717, 1.165) is 18.7 Å². The zero-order valence-corrected chi connectivity index (χ0v) is 16.2. The molecular formula is C15H22N6O7S. The fraction of sp³-hybridized carbons (Fsp3) is 0.667. The van der Waals surface area contributed by atoms with Gasteiger partial charge < -0.3 is 10.2 Å². The SMILES string of the molecule is O=C(NOC[C@@H]1C[C@H](c2cc[nH]n2)CN1)[C@@H]1CC[C@@H]2CN1C(=O)N2OS(=O)(=O)O.